The lowest BCUT2D eigenvalue weighted by Crippen LogP contribution is -2.22. The number of rotatable bonds is 2. The molecule has 90 valence electrons. The molecule has 0 bridgehead atoms. The molecule has 0 aliphatic rings. The molecule has 3 aromatic heterocycles. The smallest absolute Gasteiger partial charge is 0.267 e. The van der Waals surface area contributed by atoms with Gasteiger partial charge in [-0.25, -0.2) is 0 Å². The zero-order valence-corrected chi connectivity index (χ0v) is 10.7. The zero-order valence-electron chi connectivity index (χ0n) is 9.10. The molecule has 4 nitrogen and oxygen atoms in total. The number of hydrogen-bond acceptors (Lipinski definition) is 4. The van der Waals surface area contributed by atoms with Crippen LogP contribution < -0.4 is 11.1 Å². The molecular weight excluding hydrogens is 268 g/mol. The summed E-state index contributed by atoms with van der Waals surface area (Å²) in [6, 6.07) is 7.40. The summed E-state index contributed by atoms with van der Waals surface area (Å²) in [5, 5.41) is 8.52. The van der Waals surface area contributed by atoms with Gasteiger partial charge in [-0.1, -0.05) is 12.1 Å². The maximum Gasteiger partial charge on any atom is 0.271 e. The summed E-state index contributed by atoms with van der Waals surface area (Å²) in [5.41, 5.74) is 0.327. The average molecular weight is 276 g/mol. The normalized spacial score (nSPS) is 10.7. The number of nitrogens with one attached hydrogen (secondary N) is 2. The first-order chi connectivity index (χ1) is 8.77. The summed E-state index contributed by atoms with van der Waals surface area (Å²) in [4.78, 5) is 25.5. The van der Waals surface area contributed by atoms with Crippen molar-refractivity contribution in [3.8, 4) is 20.9 Å². The summed E-state index contributed by atoms with van der Waals surface area (Å²) in [5.74, 6) is 0. The predicted molar refractivity (Wildman–Crippen MR) is 74.3 cm³/mol. The minimum absolute atomic E-state index is 0.277. The van der Waals surface area contributed by atoms with Gasteiger partial charge in [-0.2, -0.15) is 0 Å². The number of hydrogen-bond donors (Lipinski definition) is 2. The van der Waals surface area contributed by atoms with Gasteiger partial charge in [-0.05, 0) is 22.9 Å². The molecule has 3 heterocycles. The van der Waals surface area contributed by atoms with Crippen LogP contribution in [-0.2, 0) is 0 Å². The Morgan fingerprint density at radius 2 is 1.22 bits per heavy atom. The molecule has 0 saturated heterocycles. The fraction of sp³-hybridized carbons (Fsp3) is 0. The van der Waals surface area contributed by atoms with Gasteiger partial charge in [0.05, 0.1) is 11.1 Å². The van der Waals surface area contributed by atoms with E-state index in [1.807, 2.05) is 35.0 Å². The highest BCUT2D eigenvalue weighted by molar-refractivity contribution is 7.14. The molecule has 0 aliphatic carbocycles. The van der Waals surface area contributed by atoms with E-state index in [2.05, 4.69) is 10.2 Å². The maximum absolute atomic E-state index is 12.0. The van der Waals surface area contributed by atoms with Crippen LogP contribution in [0.4, 0.5) is 0 Å². The Bertz CT molecular complexity index is 700. The van der Waals surface area contributed by atoms with Gasteiger partial charge in [0.1, 0.15) is 0 Å². The second kappa shape index (κ2) is 4.40. The van der Waals surface area contributed by atoms with Crippen LogP contribution in [0.2, 0.25) is 0 Å². The van der Waals surface area contributed by atoms with Crippen molar-refractivity contribution in [2.45, 2.75) is 0 Å². The molecule has 0 amide bonds. The second-order valence-electron chi connectivity index (χ2n) is 3.61. The van der Waals surface area contributed by atoms with Crippen molar-refractivity contribution in [2.75, 3.05) is 0 Å². The molecule has 18 heavy (non-hydrogen) atoms. The summed E-state index contributed by atoms with van der Waals surface area (Å²) in [6.45, 7) is 0. The largest absolute Gasteiger partial charge is 0.271 e. The number of H-pyrrole nitrogens is 2. The van der Waals surface area contributed by atoms with Crippen molar-refractivity contribution in [1.82, 2.24) is 10.2 Å². The highest BCUT2D eigenvalue weighted by atomic mass is 32.1. The Labute approximate surface area is 110 Å². The minimum Gasteiger partial charge on any atom is -0.267 e. The van der Waals surface area contributed by atoms with Crippen molar-refractivity contribution in [3.63, 3.8) is 0 Å². The molecule has 0 radical (unpaired) electrons. The van der Waals surface area contributed by atoms with Crippen LogP contribution in [0.15, 0.2) is 44.6 Å². The molecule has 0 atom stereocenters. The third-order valence-corrected chi connectivity index (χ3v) is 4.30. The molecule has 0 fully saturated rings. The monoisotopic (exact) mass is 276 g/mol. The van der Waals surface area contributed by atoms with Gasteiger partial charge >= 0.3 is 0 Å². The number of aromatic amines is 2. The molecule has 3 aromatic rings. The quantitative estimate of drug-likeness (QED) is 0.755. The first kappa shape index (κ1) is 11.2. The topological polar surface area (TPSA) is 65.7 Å². The van der Waals surface area contributed by atoms with E-state index in [1.165, 1.54) is 22.7 Å². The summed E-state index contributed by atoms with van der Waals surface area (Å²) in [7, 11) is 0. The third-order valence-electron chi connectivity index (χ3n) is 2.53. The summed E-state index contributed by atoms with van der Waals surface area (Å²) >= 11 is 2.88. The van der Waals surface area contributed by atoms with Gasteiger partial charge in [0.15, 0.2) is 0 Å². The van der Waals surface area contributed by atoms with Crippen molar-refractivity contribution < 1.29 is 0 Å². The Balaban J connectivity index is 2.41. The molecule has 0 aliphatic heterocycles. The van der Waals surface area contributed by atoms with E-state index in [-0.39, 0.29) is 11.1 Å². The lowest BCUT2D eigenvalue weighted by molar-refractivity contribution is 0.959. The van der Waals surface area contributed by atoms with Crippen LogP contribution in [0.25, 0.3) is 20.9 Å². The van der Waals surface area contributed by atoms with Crippen LogP contribution in [0.1, 0.15) is 0 Å². The van der Waals surface area contributed by atoms with Crippen molar-refractivity contribution in [3.05, 3.63) is 55.7 Å². The molecule has 0 saturated carbocycles. The molecular formula is C12H8N2O2S2. The standard InChI is InChI=1S/C12H8N2O2S2/c15-11-9(7-3-1-5-17-7)10(12(16)14-13-11)8-4-2-6-18-8/h1-6H,(H,13,15)(H,14,16). The van der Waals surface area contributed by atoms with Crippen molar-refractivity contribution >= 4 is 22.7 Å². The van der Waals surface area contributed by atoms with E-state index < -0.39 is 0 Å². The number of thiophene rings is 2. The Hall–Kier alpha value is -1.92. The summed E-state index contributed by atoms with van der Waals surface area (Å²) in [6.07, 6.45) is 0. The van der Waals surface area contributed by atoms with Crippen molar-refractivity contribution in [1.29, 1.82) is 0 Å². The lowest BCUT2D eigenvalue weighted by atomic mass is 10.1. The van der Waals surface area contributed by atoms with Crippen molar-refractivity contribution in [2.24, 2.45) is 0 Å². The highest BCUT2D eigenvalue weighted by Gasteiger charge is 2.16. The fourth-order valence-electron chi connectivity index (χ4n) is 1.78. The van der Waals surface area contributed by atoms with Crippen LogP contribution in [-0.4, -0.2) is 10.2 Å². The third kappa shape index (κ3) is 1.75. The van der Waals surface area contributed by atoms with Gasteiger partial charge in [-0.15, -0.1) is 22.7 Å². The zero-order chi connectivity index (χ0) is 12.5. The second-order valence-corrected chi connectivity index (χ2v) is 5.51. The predicted octanol–water partition coefficient (Wildman–Crippen LogP) is 2.52. The SMILES string of the molecule is O=c1[nH][nH]c(=O)c(-c2cccs2)c1-c1cccs1. The van der Waals surface area contributed by atoms with E-state index in [4.69, 9.17) is 0 Å². The van der Waals surface area contributed by atoms with Gasteiger partial charge in [0.2, 0.25) is 0 Å². The van der Waals surface area contributed by atoms with Gasteiger partial charge in [0, 0.05) is 9.75 Å². The fourth-order valence-corrected chi connectivity index (χ4v) is 3.32. The van der Waals surface area contributed by atoms with Crippen LogP contribution in [0, 0.1) is 0 Å². The number of aromatic nitrogens is 2. The average Bonchev–Trinajstić information content (AvgIpc) is 3.02. The van der Waals surface area contributed by atoms with E-state index in [0.717, 1.165) is 9.75 Å². The van der Waals surface area contributed by atoms with E-state index in [9.17, 15) is 9.59 Å². The molecule has 3 rings (SSSR count). The first-order valence-electron chi connectivity index (χ1n) is 5.20. The molecule has 0 spiro atoms. The van der Waals surface area contributed by atoms with Crippen LogP contribution in [0.3, 0.4) is 0 Å². The molecule has 6 heteroatoms. The molecule has 0 unspecified atom stereocenters. The van der Waals surface area contributed by atoms with E-state index in [0.29, 0.717) is 11.1 Å². The van der Waals surface area contributed by atoms with Gasteiger partial charge in [-0.3, -0.25) is 19.8 Å². The summed E-state index contributed by atoms with van der Waals surface area (Å²) < 4.78 is 0. The molecule has 0 aromatic carbocycles. The van der Waals surface area contributed by atoms with E-state index in [1.54, 1.807) is 0 Å². The van der Waals surface area contributed by atoms with Gasteiger partial charge in [0.25, 0.3) is 11.1 Å². The Morgan fingerprint density at radius 3 is 1.56 bits per heavy atom. The van der Waals surface area contributed by atoms with Crippen LogP contribution >= 0.6 is 22.7 Å². The highest BCUT2D eigenvalue weighted by Crippen LogP contribution is 2.31. The lowest BCUT2D eigenvalue weighted by Gasteiger charge is -2.03. The minimum atomic E-state index is -0.277. The molecule has 2 N–H and O–H groups in total. The Morgan fingerprint density at radius 1 is 0.778 bits per heavy atom. The van der Waals surface area contributed by atoms with Gasteiger partial charge < -0.3 is 0 Å². The Kier molecular flexibility index (Phi) is 2.73. The van der Waals surface area contributed by atoms with E-state index >= 15 is 0 Å². The maximum atomic E-state index is 12.0. The van der Waals surface area contributed by atoms with Crippen LogP contribution in [0.5, 0.6) is 0 Å². The first-order valence-corrected chi connectivity index (χ1v) is 6.96.